The van der Waals surface area contributed by atoms with Gasteiger partial charge in [0, 0.05) is 44.3 Å². The molecular weight excluding hydrogens is 564 g/mol. The molecule has 5 heterocycles. The predicted molar refractivity (Wildman–Crippen MR) is 149 cm³/mol. The lowest BCUT2D eigenvalue weighted by molar-refractivity contribution is -0.136. The van der Waals surface area contributed by atoms with Gasteiger partial charge in [0.2, 0.25) is 11.8 Å². The van der Waals surface area contributed by atoms with Gasteiger partial charge >= 0.3 is 13.3 Å². The monoisotopic (exact) mass is 598 g/mol. The van der Waals surface area contributed by atoms with Crippen molar-refractivity contribution in [3.05, 3.63) is 28.5 Å². The molecule has 3 fully saturated rings. The summed E-state index contributed by atoms with van der Waals surface area (Å²) >= 11 is 6.82. The van der Waals surface area contributed by atoms with E-state index in [1.54, 1.807) is 20.8 Å². The van der Waals surface area contributed by atoms with Crippen LogP contribution in [0.15, 0.2) is 12.3 Å². The summed E-state index contributed by atoms with van der Waals surface area (Å²) in [6.45, 7) is 9.40. The van der Waals surface area contributed by atoms with E-state index in [0.717, 1.165) is 38.2 Å². The minimum absolute atomic E-state index is 0.0713. The molecule has 0 amide bonds. The summed E-state index contributed by atoms with van der Waals surface area (Å²) in [7, 11) is 0.724. The van der Waals surface area contributed by atoms with Crippen LogP contribution >= 0.6 is 11.6 Å². The van der Waals surface area contributed by atoms with Crippen molar-refractivity contribution < 1.29 is 32.0 Å². The standard InChI is InChI=1S/C26H35BClF3N6O4/c1-24(2)25(3,41-27(40-24)19-15-33-20(32)13-18(19)26(29,30)31)14-17-21(28)34-23(37-9-11-38-12-10-37)35-22(17)39-16-5-7-36(4)8-6-16/h13,15-16H,5-12,14H2,1-4H3,(H2,32,33). The van der Waals surface area contributed by atoms with Gasteiger partial charge in [0.25, 0.3) is 0 Å². The van der Waals surface area contributed by atoms with Gasteiger partial charge < -0.3 is 34.3 Å². The molecule has 0 radical (unpaired) electrons. The van der Waals surface area contributed by atoms with E-state index in [4.69, 9.17) is 41.1 Å². The second kappa shape index (κ2) is 11.4. The van der Waals surface area contributed by atoms with Crippen LogP contribution in [0.25, 0.3) is 0 Å². The fourth-order valence-electron chi connectivity index (χ4n) is 5.27. The van der Waals surface area contributed by atoms with Gasteiger partial charge in [-0.05, 0) is 46.7 Å². The lowest BCUT2D eigenvalue weighted by Crippen LogP contribution is -2.47. The maximum absolute atomic E-state index is 13.9. The van der Waals surface area contributed by atoms with Crippen molar-refractivity contribution in [1.29, 1.82) is 0 Å². The average molecular weight is 599 g/mol. The summed E-state index contributed by atoms with van der Waals surface area (Å²) in [5, 5.41) is 0.193. The number of ether oxygens (including phenoxy) is 2. The Morgan fingerprint density at radius 1 is 1.12 bits per heavy atom. The average Bonchev–Trinajstić information content (AvgIpc) is 3.15. The number of pyridine rings is 1. The van der Waals surface area contributed by atoms with E-state index >= 15 is 0 Å². The Morgan fingerprint density at radius 2 is 1.80 bits per heavy atom. The number of nitrogens with two attached hydrogens (primary N) is 1. The van der Waals surface area contributed by atoms with E-state index in [1.165, 1.54) is 0 Å². The van der Waals surface area contributed by atoms with E-state index in [0.29, 0.717) is 43.7 Å². The number of hydrogen-bond donors (Lipinski definition) is 1. The first kappa shape index (κ1) is 30.1. The third-order valence-electron chi connectivity index (χ3n) is 8.22. The second-order valence-electron chi connectivity index (χ2n) is 11.5. The Morgan fingerprint density at radius 3 is 2.46 bits per heavy atom. The number of nitrogens with zero attached hydrogens (tertiary/aromatic N) is 5. The van der Waals surface area contributed by atoms with E-state index in [-0.39, 0.29) is 29.0 Å². The van der Waals surface area contributed by atoms with Gasteiger partial charge in [-0.15, -0.1) is 0 Å². The van der Waals surface area contributed by atoms with Crippen molar-refractivity contribution in [2.24, 2.45) is 0 Å². The van der Waals surface area contributed by atoms with Crippen LogP contribution in [0, 0.1) is 0 Å². The smallest absolute Gasteiger partial charge is 0.474 e. The van der Waals surface area contributed by atoms with E-state index < -0.39 is 30.1 Å². The molecule has 3 saturated heterocycles. The highest BCUT2D eigenvalue weighted by Gasteiger charge is 2.57. The number of piperidine rings is 1. The molecule has 0 saturated carbocycles. The van der Waals surface area contributed by atoms with E-state index in [9.17, 15) is 13.2 Å². The van der Waals surface area contributed by atoms with Gasteiger partial charge in [-0.2, -0.15) is 18.2 Å². The molecule has 3 aliphatic rings. The van der Waals surface area contributed by atoms with Gasteiger partial charge in [-0.3, -0.25) is 0 Å². The first-order valence-electron chi connectivity index (χ1n) is 13.7. The molecule has 0 bridgehead atoms. The molecule has 1 atom stereocenters. The summed E-state index contributed by atoms with van der Waals surface area (Å²) < 4.78 is 66.0. The van der Waals surface area contributed by atoms with Crippen LogP contribution in [-0.4, -0.2) is 90.7 Å². The van der Waals surface area contributed by atoms with Gasteiger partial charge in [-0.25, -0.2) is 9.97 Å². The predicted octanol–water partition coefficient (Wildman–Crippen LogP) is 2.96. The van der Waals surface area contributed by atoms with Crippen LogP contribution in [0.5, 0.6) is 5.88 Å². The molecule has 2 aromatic heterocycles. The van der Waals surface area contributed by atoms with Gasteiger partial charge in [0.15, 0.2) is 0 Å². The molecule has 2 N–H and O–H groups in total. The molecule has 0 spiro atoms. The first-order valence-corrected chi connectivity index (χ1v) is 14.1. The molecule has 15 heteroatoms. The molecule has 5 rings (SSSR count). The number of nitrogen functional groups attached to an aromatic ring is 1. The minimum Gasteiger partial charge on any atom is -0.474 e. The highest BCUT2D eigenvalue weighted by molar-refractivity contribution is 6.62. The number of anilines is 2. The molecule has 1 unspecified atom stereocenters. The molecule has 0 aromatic carbocycles. The summed E-state index contributed by atoms with van der Waals surface area (Å²) in [6.07, 6.45) is -1.93. The SMILES string of the molecule is CN1CCC(Oc2nc(N3CCOCC3)nc(Cl)c2CC2(C)OB(c3cnc(N)cc3C(F)(F)F)OC2(C)C)CC1. The Hall–Kier alpha value is -2.39. The summed E-state index contributed by atoms with van der Waals surface area (Å²) in [5.74, 6) is 0.537. The van der Waals surface area contributed by atoms with Crippen molar-refractivity contribution in [2.75, 3.05) is 57.1 Å². The van der Waals surface area contributed by atoms with Crippen LogP contribution in [0.2, 0.25) is 5.15 Å². The fraction of sp³-hybridized carbons (Fsp3) is 0.654. The zero-order valence-electron chi connectivity index (χ0n) is 23.6. The van der Waals surface area contributed by atoms with Gasteiger partial charge in [0.1, 0.15) is 17.1 Å². The Kier molecular flexibility index (Phi) is 8.34. The quantitative estimate of drug-likeness (QED) is 0.394. The van der Waals surface area contributed by atoms with Crippen molar-refractivity contribution >= 4 is 35.9 Å². The Labute approximate surface area is 242 Å². The molecule has 224 valence electrons. The number of aromatic nitrogens is 3. The van der Waals surface area contributed by atoms with Crippen molar-refractivity contribution in [3.8, 4) is 5.88 Å². The second-order valence-corrected chi connectivity index (χ2v) is 11.9. The molecular formula is C26H35BClF3N6O4. The number of hydrogen-bond acceptors (Lipinski definition) is 10. The maximum Gasteiger partial charge on any atom is 0.497 e. The highest BCUT2D eigenvalue weighted by Crippen LogP contribution is 2.43. The Bertz CT molecular complexity index is 1260. The molecule has 2 aromatic rings. The number of halogens is 4. The molecule has 0 aliphatic carbocycles. The Balaban J connectivity index is 1.48. The summed E-state index contributed by atoms with van der Waals surface area (Å²) in [6, 6.07) is 0.785. The van der Waals surface area contributed by atoms with Gasteiger partial charge in [-0.1, -0.05) is 11.6 Å². The van der Waals surface area contributed by atoms with Gasteiger partial charge in [0.05, 0.1) is 35.5 Å². The topological polar surface area (TPSA) is 108 Å². The third-order valence-corrected chi connectivity index (χ3v) is 8.53. The zero-order chi connectivity index (χ0) is 29.6. The van der Waals surface area contributed by atoms with Crippen LogP contribution in [0.3, 0.4) is 0 Å². The van der Waals surface area contributed by atoms with Crippen molar-refractivity contribution in [1.82, 2.24) is 19.9 Å². The first-order chi connectivity index (χ1) is 19.3. The van der Waals surface area contributed by atoms with Crippen LogP contribution in [0.1, 0.15) is 44.7 Å². The minimum atomic E-state index is -4.68. The van der Waals surface area contributed by atoms with Crippen molar-refractivity contribution in [3.63, 3.8) is 0 Å². The van der Waals surface area contributed by atoms with Crippen LogP contribution in [0.4, 0.5) is 24.9 Å². The number of morpholine rings is 1. The van der Waals surface area contributed by atoms with E-state index in [1.807, 2.05) is 4.90 Å². The van der Waals surface area contributed by atoms with Crippen LogP contribution in [-0.2, 0) is 26.6 Å². The fourth-order valence-corrected chi connectivity index (χ4v) is 5.49. The highest BCUT2D eigenvalue weighted by atomic mass is 35.5. The molecule has 3 aliphatic heterocycles. The lowest BCUT2D eigenvalue weighted by atomic mass is 9.77. The molecule has 41 heavy (non-hydrogen) atoms. The van der Waals surface area contributed by atoms with E-state index in [2.05, 4.69) is 21.9 Å². The largest absolute Gasteiger partial charge is 0.497 e. The number of likely N-dealkylation sites (tertiary alicyclic amines) is 1. The lowest BCUT2D eigenvalue weighted by Gasteiger charge is -2.37. The summed E-state index contributed by atoms with van der Waals surface area (Å²) in [4.78, 5) is 17.5. The van der Waals surface area contributed by atoms with Crippen molar-refractivity contribution in [2.45, 2.75) is 63.5 Å². The number of alkyl halides is 3. The zero-order valence-corrected chi connectivity index (χ0v) is 24.4. The van der Waals surface area contributed by atoms with Crippen LogP contribution < -0.4 is 20.8 Å². The third kappa shape index (κ3) is 6.36. The summed E-state index contributed by atoms with van der Waals surface area (Å²) in [5.41, 5.74) is 2.68. The maximum atomic E-state index is 13.9. The normalized spacial score (nSPS) is 24.2. The molecule has 10 nitrogen and oxygen atoms in total. The number of rotatable bonds is 6.